The van der Waals surface area contributed by atoms with Gasteiger partial charge in [0.2, 0.25) is 0 Å². The molecule has 2 aromatic rings. The minimum atomic E-state index is -0.542. The van der Waals surface area contributed by atoms with Crippen LogP contribution < -0.4 is 9.64 Å². The van der Waals surface area contributed by atoms with Crippen LogP contribution in [0.5, 0.6) is 5.75 Å². The smallest absolute Gasteiger partial charge is 0.338 e. The lowest BCUT2D eigenvalue weighted by molar-refractivity contribution is 0.00694. The summed E-state index contributed by atoms with van der Waals surface area (Å²) in [6, 6.07) is 8.97. The quantitative estimate of drug-likeness (QED) is 0.699. The molecule has 0 saturated carbocycles. The molecule has 1 aromatic heterocycles. The van der Waals surface area contributed by atoms with Crippen molar-refractivity contribution in [3.8, 4) is 5.75 Å². The third-order valence-electron chi connectivity index (χ3n) is 5.02. The zero-order chi connectivity index (χ0) is 22.0. The van der Waals surface area contributed by atoms with Gasteiger partial charge in [-0.3, -0.25) is 4.79 Å². The number of carbonyl (C=O) groups excluding carboxylic acids is 2. The second-order valence-corrected chi connectivity index (χ2v) is 8.50. The summed E-state index contributed by atoms with van der Waals surface area (Å²) < 4.78 is 16.5. The highest BCUT2D eigenvalue weighted by molar-refractivity contribution is 5.95. The van der Waals surface area contributed by atoms with Crippen molar-refractivity contribution >= 4 is 23.4 Å². The van der Waals surface area contributed by atoms with Gasteiger partial charge in [0, 0.05) is 25.0 Å². The second-order valence-electron chi connectivity index (χ2n) is 8.50. The van der Waals surface area contributed by atoms with E-state index in [1.54, 1.807) is 29.3 Å². The highest BCUT2D eigenvalue weighted by atomic mass is 16.6. The van der Waals surface area contributed by atoms with E-state index >= 15 is 0 Å². The van der Waals surface area contributed by atoms with E-state index in [4.69, 9.17) is 14.2 Å². The first-order chi connectivity index (χ1) is 14.8. The Labute approximate surface area is 181 Å². The topological polar surface area (TPSA) is 81.2 Å². The van der Waals surface area contributed by atoms with Crippen LogP contribution in [0.4, 0.5) is 11.5 Å². The van der Waals surface area contributed by atoms with Crippen molar-refractivity contribution in [2.75, 3.05) is 44.4 Å². The summed E-state index contributed by atoms with van der Waals surface area (Å²) in [7, 11) is 0. The van der Waals surface area contributed by atoms with Gasteiger partial charge in [0.05, 0.1) is 30.9 Å². The fraction of sp³-hybridized carbons (Fsp3) is 0.435. The van der Waals surface area contributed by atoms with Gasteiger partial charge in [-0.25, -0.2) is 9.78 Å². The Kier molecular flexibility index (Phi) is 5.82. The van der Waals surface area contributed by atoms with E-state index in [0.717, 1.165) is 5.69 Å². The number of amides is 1. The molecule has 0 radical (unpaired) electrons. The molecule has 2 aliphatic heterocycles. The molecular formula is C23H27N3O5. The number of fused-ring (bicyclic) bond motifs is 1. The zero-order valence-corrected chi connectivity index (χ0v) is 18.1. The molecule has 8 nitrogen and oxygen atoms in total. The first-order valence-corrected chi connectivity index (χ1v) is 10.4. The fourth-order valence-electron chi connectivity index (χ4n) is 3.53. The van der Waals surface area contributed by atoms with Gasteiger partial charge < -0.3 is 24.0 Å². The lowest BCUT2D eigenvalue weighted by Gasteiger charge is -2.31. The molecule has 8 heteroatoms. The number of aromatic nitrogens is 1. The Morgan fingerprint density at radius 1 is 1.00 bits per heavy atom. The van der Waals surface area contributed by atoms with E-state index in [2.05, 4.69) is 4.98 Å². The van der Waals surface area contributed by atoms with Crippen molar-refractivity contribution in [3.05, 3.63) is 47.7 Å². The third kappa shape index (κ3) is 4.80. The van der Waals surface area contributed by atoms with Crippen molar-refractivity contribution in [1.29, 1.82) is 0 Å². The van der Waals surface area contributed by atoms with Crippen molar-refractivity contribution < 1.29 is 23.8 Å². The number of morpholine rings is 1. The van der Waals surface area contributed by atoms with Gasteiger partial charge in [-0.2, -0.15) is 0 Å². The minimum absolute atomic E-state index is 0.0685. The first-order valence-electron chi connectivity index (χ1n) is 10.4. The average molecular weight is 425 g/mol. The van der Waals surface area contributed by atoms with Gasteiger partial charge in [-0.15, -0.1) is 0 Å². The number of esters is 1. The Morgan fingerprint density at radius 2 is 1.71 bits per heavy atom. The van der Waals surface area contributed by atoms with Crippen LogP contribution in [0.3, 0.4) is 0 Å². The number of rotatable bonds is 3. The predicted molar refractivity (Wildman–Crippen MR) is 115 cm³/mol. The largest absolute Gasteiger partial charge is 0.488 e. The number of hydrogen-bond acceptors (Lipinski definition) is 7. The Morgan fingerprint density at radius 3 is 2.39 bits per heavy atom. The highest BCUT2D eigenvalue weighted by Crippen LogP contribution is 2.35. The van der Waals surface area contributed by atoms with E-state index in [1.165, 1.54) is 0 Å². The average Bonchev–Trinajstić information content (AvgIpc) is 2.77. The summed E-state index contributed by atoms with van der Waals surface area (Å²) in [6.45, 7) is 8.86. The molecule has 3 heterocycles. The second kappa shape index (κ2) is 8.55. The van der Waals surface area contributed by atoms with E-state index < -0.39 is 5.60 Å². The van der Waals surface area contributed by atoms with Crippen LogP contribution in [0, 0.1) is 0 Å². The molecule has 1 saturated heterocycles. The molecule has 0 N–H and O–H groups in total. The van der Waals surface area contributed by atoms with Crippen molar-refractivity contribution in [1.82, 2.24) is 9.88 Å². The molecule has 2 aliphatic rings. The normalized spacial score (nSPS) is 16.4. The van der Waals surface area contributed by atoms with Gasteiger partial charge in [-0.05, 0) is 51.1 Å². The lowest BCUT2D eigenvalue weighted by atomic mass is 10.1. The van der Waals surface area contributed by atoms with Crippen LogP contribution >= 0.6 is 0 Å². The van der Waals surface area contributed by atoms with Crippen LogP contribution in [0.25, 0.3) is 0 Å². The number of hydrogen-bond donors (Lipinski definition) is 0. The van der Waals surface area contributed by atoms with Crippen LogP contribution in [-0.4, -0.2) is 66.8 Å². The summed E-state index contributed by atoms with van der Waals surface area (Å²) >= 11 is 0. The summed E-state index contributed by atoms with van der Waals surface area (Å²) in [5.41, 5.74) is 1.34. The first kappa shape index (κ1) is 21.1. The monoisotopic (exact) mass is 425 g/mol. The number of ether oxygens (including phenoxy) is 3. The van der Waals surface area contributed by atoms with Gasteiger partial charge >= 0.3 is 5.97 Å². The summed E-state index contributed by atoms with van der Waals surface area (Å²) in [6.07, 6.45) is 1.59. The molecule has 1 aromatic carbocycles. The molecule has 0 atom stereocenters. The van der Waals surface area contributed by atoms with Gasteiger partial charge in [0.1, 0.15) is 12.2 Å². The van der Waals surface area contributed by atoms with Crippen molar-refractivity contribution in [2.45, 2.75) is 26.4 Å². The summed E-state index contributed by atoms with van der Waals surface area (Å²) in [5, 5.41) is 0. The van der Waals surface area contributed by atoms with Gasteiger partial charge in [0.25, 0.3) is 5.91 Å². The minimum Gasteiger partial charge on any atom is -0.488 e. The summed E-state index contributed by atoms with van der Waals surface area (Å²) in [5.74, 6) is 0.795. The Balaban J connectivity index is 1.53. The molecule has 31 heavy (non-hydrogen) atoms. The lowest BCUT2D eigenvalue weighted by Crippen LogP contribution is -2.40. The van der Waals surface area contributed by atoms with E-state index in [1.807, 2.05) is 37.8 Å². The van der Waals surface area contributed by atoms with Gasteiger partial charge in [0.15, 0.2) is 11.6 Å². The zero-order valence-electron chi connectivity index (χ0n) is 18.1. The van der Waals surface area contributed by atoms with Gasteiger partial charge in [-0.1, -0.05) is 0 Å². The SMILES string of the molecule is CC(C)(C)OC(=O)c1ccc(N2CCOc3cc(C(=O)N4CCOCC4)cnc32)cc1. The number of pyridine rings is 1. The Bertz CT molecular complexity index is 962. The number of carbonyl (C=O) groups is 2. The molecule has 4 rings (SSSR count). The molecule has 0 bridgehead atoms. The standard InChI is InChI=1S/C23H27N3O5/c1-23(2,3)31-22(28)16-4-6-18(7-5-16)26-10-13-30-19-14-17(15-24-20(19)26)21(27)25-8-11-29-12-9-25/h4-7,14-15H,8-13H2,1-3H3. The van der Waals surface area contributed by atoms with Crippen LogP contribution in [0.15, 0.2) is 36.5 Å². The molecule has 1 amide bonds. The molecule has 0 unspecified atom stereocenters. The molecule has 164 valence electrons. The number of nitrogens with zero attached hydrogens (tertiary/aromatic N) is 3. The van der Waals surface area contributed by atoms with E-state index in [-0.39, 0.29) is 11.9 Å². The maximum atomic E-state index is 12.8. The summed E-state index contributed by atoms with van der Waals surface area (Å²) in [4.78, 5) is 33.3. The molecule has 1 fully saturated rings. The predicted octanol–water partition coefficient (Wildman–Crippen LogP) is 3.04. The van der Waals surface area contributed by atoms with Crippen LogP contribution in [0.1, 0.15) is 41.5 Å². The maximum absolute atomic E-state index is 12.8. The van der Waals surface area contributed by atoms with E-state index in [9.17, 15) is 9.59 Å². The van der Waals surface area contributed by atoms with E-state index in [0.29, 0.717) is 62.1 Å². The third-order valence-corrected chi connectivity index (χ3v) is 5.02. The fourth-order valence-corrected chi connectivity index (χ4v) is 3.53. The van der Waals surface area contributed by atoms with Crippen molar-refractivity contribution in [2.24, 2.45) is 0 Å². The molecule has 0 aliphatic carbocycles. The highest BCUT2D eigenvalue weighted by Gasteiger charge is 2.25. The van der Waals surface area contributed by atoms with Crippen molar-refractivity contribution in [3.63, 3.8) is 0 Å². The van der Waals surface area contributed by atoms with Crippen LogP contribution in [0.2, 0.25) is 0 Å². The number of benzene rings is 1. The van der Waals surface area contributed by atoms with Crippen LogP contribution in [-0.2, 0) is 9.47 Å². The molecule has 0 spiro atoms. The Hall–Kier alpha value is -3.13. The maximum Gasteiger partial charge on any atom is 0.338 e. The molecular weight excluding hydrogens is 398 g/mol. The number of anilines is 2.